The Hall–Kier alpha value is -0.830. The molecule has 3 nitrogen and oxygen atoms in total. The average molecular weight is 156 g/mol. The highest BCUT2D eigenvalue weighted by Gasteiger charge is 1.95. The van der Waals surface area contributed by atoms with Gasteiger partial charge in [-0.25, -0.2) is 0 Å². The number of hydrogen-bond donors (Lipinski definition) is 1. The summed E-state index contributed by atoms with van der Waals surface area (Å²) in [6.45, 7) is 2.68. The molecule has 0 heterocycles. The van der Waals surface area contributed by atoms with Gasteiger partial charge in [0.1, 0.15) is 0 Å². The molecule has 0 unspecified atom stereocenters. The lowest BCUT2D eigenvalue weighted by Gasteiger charge is -2.06. The van der Waals surface area contributed by atoms with Crippen LogP contribution in [0.5, 0.6) is 0 Å². The molecule has 11 heavy (non-hydrogen) atoms. The first-order chi connectivity index (χ1) is 5.04. The van der Waals surface area contributed by atoms with Gasteiger partial charge in [0.2, 0.25) is 5.91 Å². The molecule has 0 aromatic heterocycles. The summed E-state index contributed by atoms with van der Waals surface area (Å²) in [4.78, 5) is 12.6. The van der Waals surface area contributed by atoms with E-state index in [1.807, 2.05) is 20.2 Å². The van der Waals surface area contributed by atoms with E-state index in [1.54, 1.807) is 6.92 Å². The van der Waals surface area contributed by atoms with Crippen LogP contribution in [0.2, 0.25) is 0 Å². The van der Waals surface area contributed by atoms with E-state index >= 15 is 0 Å². The first kappa shape index (κ1) is 10.2. The van der Waals surface area contributed by atoms with Crippen molar-refractivity contribution in [1.29, 1.82) is 0 Å². The van der Waals surface area contributed by atoms with Crippen molar-refractivity contribution < 1.29 is 4.79 Å². The molecule has 0 saturated heterocycles. The van der Waals surface area contributed by atoms with Crippen molar-refractivity contribution in [3.8, 4) is 0 Å². The van der Waals surface area contributed by atoms with Crippen LogP contribution in [0.15, 0.2) is 11.6 Å². The van der Waals surface area contributed by atoms with Crippen molar-refractivity contribution in [2.24, 2.45) is 5.73 Å². The van der Waals surface area contributed by atoms with Crippen LogP contribution in [0, 0.1) is 0 Å². The number of nitrogens with two attached hydrogens (primary N) is 1. The molecule has 0 aromatic rings. The second-order valence-electron chi connectivity index (χ2n) is 2.84. The highest BCUT2D eigenvalue weighted by atomic mass is 16.1. The fourth-order valence-corrected chi connectivity index (χ4v) is 0.640. The molecule has 3 heteroatoms. The molecule has 0 aliphatic heterocycles. The van der Waals surface area contributed by atoms with E-state index in [1.165, 1.54) is 0 Å². The fourth-order valence-electron chi connectivity index (χ4n) is 0.640. The van der Waals surface area contributed by atoms with Crippen LogP contribution >= 0.6 is 0 Å². The van der Waals surface area contributed by atoms with Crippen molar-refractivity contribution in [1.82, 2.24) is 4.90 Å². The quantitative estimate of drug-likeness (QED) is 0.598. The van der Waals surface area contributed by atoms with Gasteiger partial charge in [0.05, 0.1) is 0 Å². The molecule has 0 atom stereocenters. The Labute approximate surface area is 67.9 Å². The van der Waals surface area contributed by atoms with Crippen molar-refractivity contribution in [2.75, 3.05) is 20.6 Å². The molecule has 0 aromatic carbocycles. The minimum Gasteiger partial charge on any atom is -0.366 e. The van der Waals surface area contributed by atoms with E-state index in [9.17, 15) is 4.79 Å². The molecule has 0 saturated carbocycles. The fraction of sp³-hybridized carbons (Fsp3) is 0.625. The zero-order chi connectivity index (χ0) is 8.85. The van der Waals surface area contributed by atoms with Gasteiger partial charge in [-0.2, -0.15) is 0 Å². The lowest BCUT2D eigenvalue weighted by atomic mass is 10.2. The van der Waals surface area contributed by atoms with Crippen LogP contribution in [0.4, 0.5) is 0 Å². The summed E-state index contributed by atoms with van der Waals surface area (Å²) >= 11 is 0. The van der Waals surface area contributed by atoms with E-state index < -0.39 is 0 Å². The third-order valence-corrected chi connectivity index (χ3v) is 1.42. The third-order valence-electron chi connectivity index (χ3n) is 1.42. The monoisotopic (exact) mass is 156 g/mol. The Morgan fingerprint density at radius 3 is 2.45 bits per heavy atom. The first-order valence-corrected chi connectivity index (χ1v) is 3.65. The Morgan fingerprint density at radius 2 is 2.09 bits per heavy atom. The zero-order valence-corrected chi connectivity index (χ0v) is 7.42. The largest absolute Gasteiger partial charge is 0.366 e. The van der Waals surface area contributed by atoms with E-state index in [2.05, 4.69) is 4.90 Å². The van der Waals surface area contributed by atoms with Crippen molar-refractivity contribution >= 4 is 5.91 Å². The number of amides is 1. The van der Waals surface area contributed by atoms with E-state index in [-0.39, 0.29) is 5.91 Å². The van der Waals surface area contributed by atoms with E-state index in [0.29, 0.717) is 5.57 Å². The molecule has 0 bridgehead atoms. The van der Waals surface area contributed by atoms with Gasteiger partial charge in [-0.15, -0.1) is 0 Å². The van der Waals surface area contributed by atoms with Crippen molar-refractivity contribution in [3.63, 3.8) is 0 Å². The Bertz CT molecular complexity index is 161. The summed E-state index contributed by atoms with van der Waals surface area (Å²) in [6.07, 6.45) is 2.74. The van der Waals surface area contributed by atoms with Crippen LogP contribution < -0.4 is 5.73 Å². The highest BCUT2D eigenvalue weighted by molar-refractivity contribution is 5.91. The van der Waals surface area contributed by atoms with Gasteiger partial charge >= 0.3 is 0 Å². The normalized spacial score (nSPS) is 12.2. The van der Waals surface area contributed by atoms with Crippen LogP contribution in [0.1, 0.15) is 13.3 Å². The van der Waals surface area contributed by atoms with Crippen LogP contribution in [-0.2, 0) is 4.79 Å². The minimum atomic E-state index is -0.330. The number of carbonyl (C=O) groups is 1. The molecule has 0 rings (SSSR count). The molecule has 0 fully saturated rings. The van der Waals surface area contributed by atoms with Gasteiger partial charge in [-0.3, -0.25) is 4.79 Å². The second kappa shape index (κ2) is 4.91. The van der Waals surface area contributed by atoms with E-state index in [4.69, 9.17) is 5.73 Å². The molecule has 64 valence electrons. The maximum absolute atomic E-state index is 10.5. The average Bonchev–Trinajstić information content (AvgIpc) is 1.86. The number of rotatable bonds is 4. The molecule has 0 aliphatic rings. The first-order valence-electron chi connectivity index (χ1n) is 3.65. The molecular formula is C8H16N2O. The molecule has 1 amide bonds. The summed E-state index contributed by atoms with van der Waals surface area (Å²) in [5.74, 6) is -0.330. The predicted octanol–water partition coefficient (Wildman–Crippen LogP) is 0.370. The van der Waals surface area contributed by atoms with Crippen molar-refractivity contribution in [2.45, 2.75) is 13.3 Å². The van der Waals surface area contributed by atoms with E-state index in [0.717, 1.165) is 13.0 Å². The SMILES string of the molecule is C/C(=C\CCN(C)C)C(N)=O. The van der Waals surface area contributed by atoms with Gasteiger partial charge in [0, 0.05) is 12.1 Å². The van der Waals surface area contributed by atoms with Gasteiger partial charge in [0.15, 0.2) is 0 Å². The standard InChI is InChI=1S/C8H16N2O/c1-7(8(9)11)5-4-6-10(2)3/h5H,4,6H2,1-3H3,(H2,9,11)/b7-5+. The smallest absolute Gasteiger partial charge is 0.244 e. The Morgan fingerprint density at radius 1 is 1.55 bits per heavy atom. The van der Waals surface area contributed by atoms with Crippen molar-refractivity contribution in [3.05, 3.63) is 11.6 Å². The summed E-state index contributed by atoms with van der Waals surface area (Å²) in [7, 11) is 3.99. The van der Waals surface area contributed by atoms with Gasteiger partial charge in [0.25, 0.3) is 0 Å². The van der Waals surface area contributed by atoms with Gasteiger partial charge in [-0.1, -0.05) is 6.08 Å². The number of carbonyl (C=O) groups excluding carboxylic acids is 1. The maximum atomic E-state index is 10.5. The summed E-state index contributed by atoms with van der Waals surface area (Å²) in [5, 5.41) is 0. The molecule has 2 N–H and O–H groups in total. The summed E-state index contributed by atoms with van der Waals surface area (Å²) in [6, 6.07) is 0. The van der Waals surface area contributed by atoms with Gasteiger partial charge in [-0.05, 0) is 27.4 Å². The lowest BCUT2D eigenvalue weighted by molar-refractivity contribution is -0.114. The topological polar surface area (TPSA) is 46.3 Å². The highest BCUT2D eigenvalue weighted by Crippen LogP contribution is 1.94. The number of primary amides is 1. The minimum absolute atomic E-state index is 0.330. The Balaban J connectivity index is 3.65. The third kappa shape index (κ3) is 5.61. The molecule has 0 aliphatic carbocycles. The Kier molecular flexibility index (Phi) is 4.54. The second-order valence-corrected chi connectivity index (χ2v) is 2.84. The van der Waals surface area contributed by atoms with Crippen LogP contribution in [0.3, 0.4) is 0 Å². The lowest BCUT2D eigenvalue weighted by Crippen LogP contribution is -2.14. The molecular weight excluding hydrogens is 140 g/mol. The number of nitrogens with zero attached hydrogens (tertiary/aromatic N) is 1. The van der Waals surface area contributed by atoms with Gasteiger partial charge < -0.3 is 10.6 Å². The maximum Gasteiger partial charge on any atom is 0.244 e. The van der Waals surface area contributed by atoms with Crippen LogP contribution in [-0.4, -0.2) is 31.4 Å². The van der Waals surface area contributed by atoms with Crippen LogP contribution in [0.25, 0.3) is 0 Å². The predicted molar refractivity (Wildman–Crippen MR) is 46.1 cm³/mol. The summed E-state index contributed by atoms with van der Waals surface area (Å²) in [5.41, 5.74) is 5.68. The molecule has 0 spiro atoms. The summed E-state index contributed by atoms with van der Waals surface area (Å²) < 4.78 is 0. The number of hydrogen-bond acceptors (Lipinski definition) is 2. The molecule has 0 radical (unpaired) electrons. The zero-order valence-electron chi connectivity index (χ0n) is 7.42.